The number of hydrogen-bond donors (Lipinski definition) is 0. The van der Waals surface area contributed by atoms with Crippen LogP contribution >= 0.6 is 0 Å². The van der Waals surface area contributed by atoms with Gasteiger partial charge in [0.1, 0.15) is 11.4 Å². The summed E-state index contributed by atoms with van der Waals surface area (Å²) in [4.78, 5) is 30.2. The Morgan fingerprint density at radius 3 is 2.57 bits per heavy atom. The molecule has 2 aliphatic rings. The van der Waals surface area contributed by atoms with Crippen molar-refractivity contribution in [3.8, 4) is 0 Å². The molecule has 1 aromatic heterocycles. The van der Waals surface area contributed by atoms with Crippen molar-refractivity contribution >= 4 is 22.6 Å². The Kier molecular flexibility index (Phi) is 6.36. The van der Waals surface area contributed by atoms with Crippen molar-refractivity contribution in [2.24, 2.45) is 0 Å². The topological polar surface area (TPSA) is 54.8 Å². The fraction of sp³-hybridized carbons (Fsp3) is 0.429. The summed E-state index contributed by atoms with van der Waals surface area (Å²) in [5.74, 6) is -1.07. The number of ether oxygens (including phenoxy) is 1. The molecule has 3 aromatic rings. The number of benzene rings is 2. The minimum absolute atomic E-state index is 0.0269. The number of hydrogen-bond acceptors (Lipinski definition) is 5. The van der Waals surface area contributed by atoms with Gasteiger partial charge in [0.2, 0.25) is 5.43 Å². The Morgan fingerprint density at radius 2 is 1.91 bits per heavy atom. The first-order valence-corrected chi connectivity index (χ1v) is 12.5. The van der Waals surface area contributed by atoms with E-state index in [-0.39, 0.29) is 29.6 Å². The van der Waals surface area contributed by atoms with Gasteiger partial charge in [0.25, 0.3) is 0 Å². The first kappa shape index (κ1) is 23.5. The van der Waals surface area contributed by atoms with E-state index in [4.69, 9.17) is 4.74 Å². The third-order valence-electron chi connectivity index (χ3n) is 7.22. The van der Waals surface area contributed by atoms with Gasteiger partial charge in [0.15, 0.2) is 0 Å². The van der Waals surface area contributed by atoms with Gasteiger partial charge >= 0.3 is 5.97 Å². The van der Waals surface area contributed by atoms with Crippen LogP contribution in [0.25, 0.3) is 10.9 Å². The van der Waals surface area contributed by atoms with E-state index >= 15 is 4.39 Å². The minimum Gasteiger partial charge on any atom is -0.462 e. The number of carbonyl (C=O) groups is 1. The quantitative estimate of drug-likeness (QED) is 0.483. The molecule has 0 N–H and O–H groups in total. The van der Waals surface area contributed by atoms with Crippen LogP contribution in [-0.2, 0) is 11.3 Å². The predicted octanol–water partition coefficient (Wildman–Crippen LogP) is 4.67. The number of aromatic nitrogens is 1. The number of piperazine rings is 1. The van der Waals surface area contributed by atoms with Crippen molar-refractivity contribution in [1.82, 2.24) is 9.47 Å². The Hall–Kier alpha value is -3.19. The summed E-state index contributed by atoms with van der Waals surface area (Å²) >= 11 is 0. The van der Waals surface area contributed by atoms with Gasteiger partial charge in [0, 0.05) is 49.8 Å². The number of anilines is 1. The molecule has 2 aromatic carbocycles. The maximum atomic E-state index is 15.6. The molecule has 35 heavy (non-hydrogen) atoms. The molecule has 1 aliphatic carbocycles. The van der Waals surface area contributed by atoms with E-state index in [1.54, 1.807) is 13.1 Å². The number of esters is 1. The molecule has 5 rings (SSSR count). The highest BCUT2D eigenvalue weighted by Crippen LogP contribution is 2.40. The van der Waals surface area contributed by atoms with Gasteiger partial charge in [0.05, 0.1) is 17.8 Å². The van der Waals surface area contributed by atoms with Crippen LogP contribution < -0.4 is 10.3 Å². The van der Waals surface area contributed by atoms with Gasteiger partial charge < -0.3 is 14.2 Å². The number of aryl methyl sites for hydroxylation is 1. The van der Waals surface area contributed by atoms with E-state index < -0.39 is 17.2 Å². The zero-order valence-electron chi connectivity index (χ0n) is 20.6. The molecule has 0 radical (unpaired) electrons. The molecule has 1 atom stereocenters. The van der Waals surface area contributed by atoms with Gasteiger partial charge in [-0.15, -0.1) is 0 Å². The number of rotatable bonds is 6. The lowest BCUT2D eigenvalue weighted by Gasteiger charge is -2.41. The summed E-state index contributed by atoms with van der Waals surface area (Å²) in [7, 11) is 0. The lowest BCUT2D eigenvalue weighted by molar-refractivity contribution is 0.0524. The summed E-state index contributed by atoms with van der Waals surface area (Å²) in [6.07, 6.45) is 3.57. The van der Waals surface area contributed by atoms with Crippen LogP contribution in [0, 0.1) is 12.7 Å². The lowest BCUT2D eigenvalue weighted by Crippen LogP contribution is -2.51. The summed E-state index contributed by atoms with van der Waals surface area (Å²) in [6.45, 7) is 9.05. The van der Waals surface area contributed by atoms with Crippen LogP contribution in [0.2, 0.25) is 0 Å². The number of fused-ring (bicyclic) bond motifs is 1. The van der Waals surface area contributed by atoms with Crippen molar-refractivity contribution in [1.29, 1.82) is 0 Å². The molecule has 1 unspecified atom stereocenters. The minimum atomic E-state index is -0.653. The van der Waals surface area contributed by atoms with E-state index in [2.05, 4.69) is 41.0 Å². The van der Waals surface area contributed by atoms with Crippen molar-refractivity contribution in [2.75, 3.05) is 31.1 Å². The molecular weight excluding hydrogens is 445 g/mol. The molecule has 1 saturated carbocycles. The highest BCUT2D eigenvalue weighted by Gasteiger charge is 2.31. The molecule has 2 fully saturated rings. The van der Waals surface area contributed by atoms with Gasteiger partial charge in [-0.05, 0) is 50.8 Å². The van der Waals surface area contributed by atoms with E-state index in [0.717, 1.165) is 37.0 Å². The van der Waals surface area contributed by atoms with E-state index in [0.29, 0.717) is 18.8 Å². The fourth-order valence-corrected chi connectivity index (χ4v) is 5.30. The molecule has 0 bridgehead atoms. The average Bonchev–Trinajstić information content (AvgIpc) is 3.68. The summed E-state index contributed by atoms with van der Waals surface area (Å²) < 4.78 is 22.7. The monoisotopic (exact) mass is 477 g/mol. The second-order valence-electron chi connectivity index (χ2n) is 9.71. The molecular formula is C28H32FN3O3. The number of halogens is 1. The van der Waals surface area contributed by atoms with Gasteiger partial charge in [-0.1, -0.05) is 30.3 Å². The number of nitrogens with zero attached hydrogens (tertiary/aromatic N) is 3. The molecule has 1 saturated heterocycles. The molecule has 6 nitrogen and oxygen atoms in total. The van der Waals surface area contributed by atoms with Crippen LogP contribution in [0.15, 0.2) is 47.4 Å². The van der Waals surface area contributed by atoms with E-state index in [1.807, 2.05) is 17.6 Å². The molecule has 7 heteroatoms. The smallest absolute Gasteiger partial charge is 0.343 e. The normalized spacial score (nSPS) is 18.7. The second-order valence-corrected chi connectivity index (χ2v) is 9.71. The Morgan fingerprint density at radius 1 is 1.17 bits per heavy atom. The average molecular weight is 478 g/mol. The Balaban J connectivity index is 1.51. The lowest BCUT2D eigenvalue weighted by atomic mass is 10.0. The molecule has 184 valence electrons. The maximum absolute atomic E-state index is 15.6. The van der Waals surface area contributed by atoms with Crippen LogP contribution in [0.4, 0.5) is 10.1 Å². The van der Waals surface area contributed by atoms with E-state index in [1.165, 1.54) is 11.6 Å². The number of carbonyl (C=O) groups excluding carboxylic acids is 1. The molecule has 0 amide bonds. The van der Waals surface area contributed by atoms with Crippen LogP contribution in [-0.4, -0.2) is 47.7 Å². The first-order chi connectivity index (χ1) is 16.9. The zero-order chi connectivity index (χ0) is 24.7. The largest absolute Gasteiger partial charge is 0.462 e. The highest BCUT2D eigenvalue weighted by atomic mass is 19.1. The van der Waals surface area contributed by atoms with Crippen LogP contribution in [0.5, 0.6) is 0 Å². The van der Waals surface area contributed by atoms with Gasteiger partial charge in [-0.2, -0.15) is 0 Å². The number of pyridine rings is 1. The van der Waals surface area contributed by atoms with Crippen molar-refractivity contribution in [3.63, 3.8) is 0 Å². The molecule has 2 heterocycles. The van der Waals surface area contributed by atoms with E-state index in [9.17, 15) is 9.59 Å². The Labute approximate surface area is 204 Å². The predicted molar refractivity (Wildman–Crippen MR) is 136 cm³/mol. The summed E-state index contributed by atoms with van der Waals surface area (Å²) in [5, 5.41) is 0.247. The zero-order valence-corrected chi connectivity index (χ0v) is 20.6. The maximum Gasteiger partial charge on any atom is 0.343 e. The van der Waals surface area contributed by atoms with Crippen molar-refractivity contribution < 1.29 is 13.9 Å². The fourth-order valence-electron chi connectivity index (χ4n) is 5.30. The highest BCUT2D eigenvalue weighted by molar-refractivity contribution is 5.96. The molecule has 0 spiro atoms. The third kappa shape index (κ3) is 4.45. The molecule has 1 aliphatic heterocycles. The van der Waals surface area contributed by atoms with Crippen LogP contribution in [0.3, 0.4) is 0 Å². The second kappa shape index (κ2) is 9.46. The SMILES string of the molecule is CCOC(=O)c1cn(C2CC2)c2c(C)c(N3CCN(Cc4ccccc4)C(C)C3)c(F)cc2c1=O. The summed E-state index contributed by atoms with van der Waals surface area (Å²) in [5.41, 5.74) is 2.81. The first-order valence-electron chi connectivity index (χ1n) is 12.5. The summed E-state index contributed by atoms with van der Waals surface area (Å²) in [6, 6.07) is 12.2. The Bertz CT molecular complexity index is 1320. The van der Waals surface area contributed by atoms with Gasteiger partial charge in [-0.25, -0.2) is 9.18 Å². The van der Waals surface area contributed by atoms with Gasteiger partial charge in [-0.3, -0.25) is 9.69 Å². The van der Waals surface area contributed by atoms with Crippen molar-refractivity contribution in [3.05, 3.63) is 75.3 Å². The standard InChI is InChI=1S/C28H32FN3O3/c1-4-35-28(34)23-17-32(21-10-11-21)25-19(3)26(24(29)14-22(25)27(23)33)31-13-12-30(18(2)15-31)16-20-8-6-5-7-9-20/h5-9,14,17-18,21H,4,10-13,15-16H2,1-3H3. The van der Waals surface area contributed by atoms with Crippen LogP contribution in [0.1, 0.15) is 54.2 Å². The third-order valence-corrected chi connectivity index (χ3v) is 7.22. The van der Waals surface area contributed by atoms with Crippen molar-refractivity contribution in [2.45, 2.75) is 52.2 Å².